The van der Waals surface area contributed by atoms with E-state index in [4.69, 9.17) is 0 Å². The molecule has 1 saturated heterocycles. The number of rotatable bonds is 3. The summed E-state index contributed by atoms with van der Waals surface area (Å²) in [6.45, 7) is 7.72. The van der Waals surface area contributed by atoms with E-state index in [2.05, 4.69) is 35.6 Å². The van der Waals surface area contributed by atoms with Gasteiger partial charge in [-0.25, -0.2) is 0 Å². The zero-order valence-corrected chi connectivity index (χ0v) is 11.8. The van der Waals surface area contributed by atoms with E-state index in [0.29, 0.717) is 11.8 Å². The lowest BCUT2D eigenvalue weighted by Gasteiger charge is -2.13. The van der Waals surface area contributed by atoms with E-state index < -0.39 is 0 Å². The molecule has 0 atom stereocenters. The van der Waals surface area contributed by atoms with Gasteiger partial charge in [0.05, 0.1) is 5.52 Å². The quantitative estimate of drug-likeness (QED) is 0.912. The van der Waals surface area contributed by atoms with Gasteiger partial charge < -0.3 is 9.67 Å². The zero-order valence-electron chi connectivity index (χ0n) is 11.8. The van der Waals surface area contributed by atoms with Gasteiger partial charge in [-0.3, -0.25) is 4.90 Å². The highest BCUT2D eigenvalue weighted by molar-refractivity contribution is 5.89. The lowest BCUT2D eigenvalue weighted by molar-refractivity contribution is 0.332. The fraction of sp³-hybridized carbons (Fsp3) is 0.500. The van der Waals surface area contributed by atoms with Crippen molar-refractivity contribution in [3.8, 4) is 5.75 Å². The average Bonchev–Trinajstić information content (AvgIpc) is 2.99. The molecule has 2 aromatic rings. The van der Waals surface area contributed by atoms with Crippen molar-refractivity contribution in [1.29, 1.82) is 0 Å². The first-order valence-corrected chi connectivity index (χ1v) is 7.20. The highest BCUT2D eigenvalue weighted by Crippen LogP contribution is 2.32. The third-order valence-electron chi connectivity index (χ3n) is 4.06. The summed E-state index contributed by atoms with van der Waals surface area (Å²) in [6.07, 6.45) is 4.84. The molecule has 0 radical (unpaired) electrons. The van der Waals surface area contributed by atoms with Crippen LogP contribution in [-0.4, -0.2) is 27.7 Å². The van der Waals surface area contributed by atoms with Crippen molar-refractivity contribution in [2.24, 2.45) is 0 Å². The van der Waals surface area contributed by atoms with Crippen LogP contribution in [0.25, 0.3) is 10.9 Å². The van der Waals surface area contributed by atoms with Crippen LogP contribution >= 0.6 is 0 Å². The molecule has 1 N–H and O–H groups in total. The summed E-state index contributed by atoms with van der Waals surface area (Å²) < 4.78 is 2.19. The lowest BCUT2D eigenvalue weighted by Crippen LogP contribution is -2.18. The Balaban J connectivity index is 2.06. The van der Waals surface area contributed by atoms with Crippen molar-refractivity contribution in [2.45, 2.75) is 39.3 Å². The maximum atomic E-state index is 10.1. The van der Waals surface area contributed by atoms with Gasteiger partial charge in [-0.1, -0.05) is 12.1 Å². The van der Waals surface area contributed by atoms with E-state index in [9.17, 15) is 5.11 Å². The summed E-state index contributed by atoms with van der Waals surface area (Å²) in [4.78, 5) is 2.50. The third-order valence-corrected chi connectivity index (χ3v) is 4.06. The molecule has 1 aliphatic rings. The largest absolute Gasteiger partial charge is 0.506 e. The highest BCUT2D eigenvalue weighted by Gasteiger charge is 2.17. The summed E-state index contributed by atoms with van der Waals surface area (Å²) in [7, 11) is 0. The van der Waals surface area contributed by atoms with Gasteiger partial charge >= 0.3 is 0 Å². The van der Waals surface area contributed by atoms with Crippen LogP contribution in [0.15, 0.2) is 24.4 Å². The molecule has 0 amide bonds. The molecule has 0 unspecified atom stereocenters. The van der Waals surface area contributed by atoms with E-state index in [-0.39, 0.29) is 0 Å². The van der Waals surface area contributed by atoms with Gasteiger partial charge in [0.25, 0.3) is 0 Å². The van der Waals surface area contributed by atoms with Gasteiger partial charge in [0, 0.05) is 24.2 Å². The standard InChI is InChI=1S/C16H22N2O/c1-12(2)18-11-13(10-17-8-3-4-9-17)14-6-5-7-15(19)16(14)18/h5-7,11-12,19H,3-4,8-10H2,1-2H3. The average molecular weight is 258 g/mol. The van der Waals surface area contributed by atoms with E-state index in [1.807, 2.05) is 6.07 Å². The molecule has 2 heterocycles. The number of fused-ring (bicyclic) bond motifs is 1. The van der Waals surface area contributed by atoms with E-state index in [1.165, 1.54) is 36.9 Å². The summed E-state index contributed by atoms with van der Waals surface area (Å²) in [5, 5.41) is 11.3. The molecular weight excluding hydrogens is 236 g/mol. The second kappa shape index (κ2) is 4.89. The Hall–Kier alpha value is -1.48. The van der Waals surface area contributed by atoms with Gasteiger partial charge in [-0.15, -0.1) is 0 Å². The van der Waals surface area contributed by atoms with E-state index in [0.717, 1.165) is 12.1 Å². The molecule has 1 aromatic heterocycles. The van der Waals surface area contributed by atoms with Gasteiger partial charge in [0.15, 0.2) is 0 Å². The van der Waals surface area contributed by atoms with Crippen molar-refractivity contribution in [1.82, 2.24) is 9.47 Å². The van der Waals surface area contributed by atoms with Crippen LogP contribution in [0.1, 0.15) is 38.3 Å². The Kier molecular flexibility index (Phi) is 3.23. The first-order valence-electron chi connectivity index (χ1n) is 7.20. The highest BCUT2D eigenvalue weighted by atomic mass is 16.3. The number of hydrogen-bond acceptors (Lipinski definition) is 2. The second-order valence-electron chi connectivity index (χ2n) is 5.81. The SMILES string of the molecule is CC(C)n1cc(CN2CCCC2)c2cccc(O)c21. The molecule has 3 rings (SSSR count). The number of phenolic OH excluding ortho intramolecular Hbond substituents is 1. The molecule has 3 heteroatoms. The number of aromatic nitrogens is 1. The topological polar surface area (TPSA) is 28.4 Å². The summed E-state index contributed by atoms with van der Waals surface area (Å²) in [5.74, 6) is 0.388. The number of benzene rings is 1. The number of nitrogens with zero attached hydrogens (tertiary/aromatic N) is 2. The summed E-state index contributed by atoms with van der Waals surface area (Å²) in [5.41, 5.74) is 2.31. The smallest absolute Gasteiger partial charge is 0.139 e. The minimum atomic E-state index is 0.364. The fourth-order valence-electron chi connectivity index (χ4n) is 3.08. The number of hydrogen-bond donors (Lipinski definition) is 1. The molecule has 1 fully saturated rings. The minimum Gasteiger partial charge on any atom is -0.506 e. The predicted octanol–water partition coefficient (Wildman–Crippen LogP) is 3.52. The molecule has 1 aliphatic heterocycles. The molecule has 0 spiro atoms. The van der Waals surface area contributed by atoms with Crippen LogP contribution in [0.4, 0.5) is 0 Å². The molecule has 0 aliphatic carbocycles. The molecule has 0 bridgehead atoms. The molecule has 0 saturated carbocycles. The van der Waals surface area contributed by atoms with Crippen LogP contribution in [-0.2, 0) is 6.54 Å². The lowest BCUT2D eigenvalue weighted by atomic mass is 10.1. The third kappa shape index (κ3) is 2.23. The molecule has 1 aromatic carbocycles. The normalized spacial score (nSPS) is 16.8. The van der Waals surface area contributed by atoms with Gasteiger partial charge in [-0.05, 0) is 51.4 Å². The van der Waals surface area contributed by atoms with Crippen molar-refractivity contribution >= 4 is 10.9 Å². The second-order valence-corrected chi connectivity index (χ2v) is 5.81. The first kappa shape index (κ1) is 12.5. The maximum absolute atomic E-state index is 10.1. The van der Waals surface area contributed by atoms with E-state index in [1.54, 1.807) is 6.07 Å². The number of aromatic hydroxyl groups is 1. The molecule has 102 valence electrons. The van der Waals surface area contributed by atoms with Gasteiger partial charge in [0.1, 0.15) is 5.75 Å². The van der Waals surface area contributed by atoms with Gasteiger partial charge in [0.2, 0.25) is 0 Å². The summed E-state index contributed by atoms with van der Waals surface area (Å²) in [6, 6.07) is 6.21. The maximum Gasteiger partial charge on any atom is 0.139 e. The zero-order chi connectivity index (χ0) is 13.4. The molecule has 3 nitrogen and oxygen atoms in total. The Bertz CT molecular complexity index is 580. The van der Waals surface area contributed by atoms with Crippen LogP contribution < -0.4 is 0 Å². The molecule has 19 heavy (non-hydrogen) atoms. The fourth-order valence-corrected chi connectivity index (χ4v) is 3.08. The Morgan fingerprint density at radius 3 is 2.63 bits per heavy atom. The van der Waals surface area contributed by atoms with E-state index >= 15 is 0 Å². The number of para-hydroxylation sites is 1. The molecular formula is C16H22N2O. The van der Waals surface area contributed by atoms with Crippen molar-refractivity contribution in [3.05, 3.63) is 30.0 Å². The van der Waals surface area contributed by atoms with Crippen LogP contribution in [0.2, 0.25) is 0 Å². The Labute approximate surface area is 114 Å². The minimum absolute atomic E-state index is 0.364. The Morgan fingerprint density at radius 2 is 1.95 bits per heavy atom. The summed E-state index contributed by atoms with van der Waals surface area (Å²) >= 11 is 0. The van der Waals surface area contributed by atoms with Crippen LogP contribution in [0.5, 0.6) is 5.75 Å². The Morgan fingerprint density at radius 1 is 1.21 bits per heavy atom. The predicted molar refractivity (Wildman–Crippen MR) is 78.5 cm³/mol. The first-order chi connectivity index (χ1) is 9.16. The number of phenols is 1. The monoisotopic (exact) mass is 258 g/mol. The van der Waals surface area contributed by atoms with Gasteiger partial charge in [-0.2, -0.15) is 0 Å². The van der Waals surface area contributed by atoms with Crippen molar-refractivity contribution in [3.63, 3.8) is 0 Å². The van der Waals surface area contributed by atoms with Crippen molar-refractivity contribution in [2.75, 3.05) is 13.1 Å². The van der Waals surface area contributed by atoms with Crippen LogP contribution in [0.3, 0.4) is 0 Å². The van der Waals surface area contributed by atoms with Crippen LogP contribution in [0, 0.1) is 0 Å². The number of likely N-dealkylation sites (tertiary alicyclic amines) is 1. The van der Waals surface area contributed by atoms with Crippen molar-refractivity contribution < 1.29 is 5.11 Å².